The Morgan fingerprint density at radius 1 is 1.04 bits per heavy atom. The number of nitrogens with one attached hydrogen (secondary N) is 1. The Hall–Kier alpha value is -3.28. The summed E-state index contributed by atoms with van der Waals surface area (Å²) in [5, 5.41) is 2.72. The molecule has 1 heterocycles. The summed E-state index contributed by atoms with van der Waals surface area (Å²) in [7, 11) is 0. The van der Waals surface area contributed by atoms with Crippen molar-refractivity contribution in [1.82, 2.24) is 4.98 Å². The van der Waals surface area contributed by atoms with E-state index in [9.17, 15) is 13.6 Å². The van der Waals surface area contributed by atoms with Crippen LogP contribution in [0.2, 0.25) is 0 Å². The molecule has 0 saturated carbocycles. The number of rotatable bonds is 6. The van der Waals surface area contributed by atoms with Crippen LogP contribution in [0.4, 0.5) is 14.5 Å². The summed E-state index contributed by atoms with van der Waals surface area (Å²) < 4.78 is 29.9. The third kappa shape index (κ3) is 4.63. The molecule has 132 valence electrons. The van der Waals surface area contributed by atoms with Crippen LogP contribution in [0.5, 0.6) is 5.75 Å². The van der Waals surface area contributed by atoms with Gasteiger partial charge in [0.15, 0.2) is 0 Å². The Labute approximate surface area is 149 Å². The van der Waals surface area contributed by atoms with Crippen LogP contribution < -0.4 is 10.1 Å². The minimum absolute atomic E-state index is 0.0830. The largest absolute Gasteiger partial charge is 0.435 e. The van der Waals surface area contributed by atoms with Crippen molar-refractivity contribution in [3.63, 3.8) is 0 Å². The predicted molar refractivity (Wildman–Crippen MR) is 94.5 cm³/mol. The van der Waals surface area contributed by atoms with Gasteiger partial charge in [0.25, 0.3) is 5.91 Å². The van der Waals surface area contributed by atoms with Crippen molar-refractivity contribution in [1.29, 1.82) is 0 Å². The number of benzene rings is 2. The Kier molecular flexibility index (Phi) is 5.53. The van der Waals surface area contributed by atoms with Crippen molar-refractivity contribution in [3.8, 4) is 5.75 Å². The van der Waals surface area contributed by atoms with E-state index in [2.05, 4.69) is 15.0 Å². The van der Waals surface area contributed by atoms with Gasteiger partial charge in [-0.25, -0.2) is 0 Å². The second kappa shape index (κ2) is 8.20. The van der Waals surface area contributed by atoms with E-state index in [4.69, 9.17) is 0 Å². The second-order valence-electron chi connectivity index (χ2n) is 5.53. The third-order valence-electron chi connectivity index (χ3n) is 3.67. The summed E-state index contributed by atoms with van der Waals surface area (Å²) in [6.07, 6.45) is 1.92. The fourth-order valence-electron chi connectivity index (χ4n) is 2.51. The first-order valence-electron chi connectivity index (χ1n) is 7.96. The van der Waals surface area contributed by atoms with E-state index in [1.54, 1.807) is 24.3 Å². The van der Waals surface area contributed by atoms with E-state index >= 15 is 0 Å². The highest BCUT2D eigenvalue weighted by Gasteiger charge is 2.13. The Morgan fingerprint density at radius 3 is 2.50 bits per heavy atom. The summed E-state index contributed by atoms with van der Waals surface area (Å²) in [6, 6.07) is 19.0. The van der Waals surface area contributed by atoms with Crippen LogP contribution in [-0.4, -0.2) is 17.5 Å². The van der Waals surface area contributed by atoms with Crippen LogP contribution in [0.15, 0.2) is 72.9 Å². The number of carbonyl (C=O) groups is 1. The molecule has 0 radical (unpaired) electrons. The standard InChI is InChI=1S/C20H16F2N2O2/c21-20(22)26-18-10-9-16(24-19(25)17-8-4-5-11-23-17)13-15(18)12-14-6-2-1-3-7-14/h1-11,13,20H,12H2,(H,24,25). The molecule has 0 aliphatic rings. The minimum Gasteiger partial charge on any atom is -0.435 e. The first-order valence-corrected chi connectivity index (χ1v) is 7.96. The number of pyridine rings is 1. The SMILES string of the molecule is O=C(Nc1ccc(OC(F)F)c(Cc2ccccc2)c1)c1ccccn1. The third-order valence-corrected chi connectivity index (χ3v) is 3.67. The smallest absolute Gasteiger partial charge is 0.387 e. The number of hydrogen-bond donors (Lipinski definition) is 1. The molecule has 3 rings (SSSR count). The maximum atomic E-state index is 12.7. The molecule has 3 aromatic rings. The van der Waals surface area contributed by atoms with Crippen molar-refractivity contribution >= 4 is 11.6 Å². The van der Waals surface area contributed by atoms with E-state index in [1.807, 2.05) is 30.3 Å². The average Bonchev–Trinajstić information content (AvgIpc) is 2.65. The Morgan fingerprint density at radius 2 is 1.81 bits per heavy atom. The zero-order valence-electron chi connectivity index (χ0n) is 13.7. The Bertz CT molecular complexity index is 871. The van der Waals surface area contributed by atoms with Crippen LogP contribution in [0.25, 0.3) is 0 Å². The number of ether oxygens (including phenoxy) is 1. The molecule has 0 spiro atoms. The average molecular weight is 354 g/mol. The maximum absolute atomic E-state index is 12.7. The van der Waals surface area contributed by atoms with E-state index in [0.717, 1.165) is 5.56 Å². The van der Waals surface area contributed by atoms with Crippen LogP contribution in [0, 0.1) is 0 Å². The van der Waals surface area contributed by atoms with Crippen LogP contribution >= 0.6 is 0 Å². The predicted octanol–water partition coefficient (Wildman–Crippen LogP) is 4.53. The highest BCUT2D eigenvalue weighted by atomic mass is 19.3. The fraction of sp³-hybridized carbons (Fsp3) is 0.100. The molecule has 6 heteroatoms. The van der Waals surface area contributed by atoms with Gasteiger partial charge in [0.1, 0.15) is 11.4 Å². The lowest BCUT2D eigenvalue weighted by molar-refractivity contribution is -0.0503. The van der Waals surface area contributed by atoms with Gasteiger partial charge in [-0.05, 0) is 35.9 Å². The molecule has 0 fully saturated rings. The summed E-state index contributed by atoms with van der Waals surface area (Å²) in [6.45, 7) is -2.92. The highest BCUT2D eigenvalue weighted by Crippen LogP contribution is 2.27. The van der Waals surface area contributed by atoms with Gasteiger partial charge in [0.05, 0.1) is 0 Å². The quantitative estimate of drug-likeness (QED) is 0.708. The van der Waals surface area contributed by atoms with Gasteiger partial charge < -0.3 is 10.1 Å². The molecule has 1 N–H and O–H groups in total. The number of amides is 1. The van der Waals surface area contributed by atoms with Crippen molar-refractivity contribution in [2.24, 2.45) is 0 Å². The molecule has 2 aromatic carbocycles. The first-order chi connectivity index (χ1) is 12.6. The molecule has 0 saturated heterocycles. The van der Waals surface area contributed by atoms with E-state index in [-0.39, 0.29) is 17.4 Å². The minimum atomic E-state index is -2.92. The lowest BCUT2D eigenvalue weighted by Gasteiger charge is -2.13. The molecule has 0 atom stereocenters. The lowest BCUT2D eigenvalue weighted by atomic mass is 10.0. The van der Waals surface area contributed by atoms with Gasteiger partial charge in [0, 0.05) is 23.9 Å². The number of alkyl halides is 2. The van der Waals surface area contributed by atoms with Crippen LogP contribution in [0.1, 0.15) is 21.6 Å². The van der Waals surface area contributed by atoms with Gasteiger partial charge in [-0.15, -0.1) is 0 Å². The molecule has 4 nitrogen and oxygen atoms in total. The fourth-order valence-corrected chi connectivity index (χ4v) is 2.51. The number of hydrogen-bond acceptors (Lipinski definition) is 3. The molecule has 26 heavy (non-hydrogen) atoms. The lowest BCUT2D eigenvalue weighted by Crippen LogP contribution is -2.14. The van der Waals surface area contributed by atoms with Gasteiger partial charge in [-0.2, -0.15) is 8.78 Å². The Balaban J connectivity index is 1.85. The molecule has 0 unspecified atom stereocenters. The normalized spacial score (nSPS) is 10.6. The number of nitrogens with zero attached hydrogens (tertiary/aromatic N) is 1. The zero-order valence-corrected chi connectivity index (χ0v) is 13.7. The highest BCUT2D eigenvalue weighted by molar-refractivity contribution is 6.02. The topological polar surface area (TPSA) is 51.2 Å². The van der Waals surface area contributed by atoms with Crippen LogP contribution in [-0.2, 0) is 6.42 Å². The maximum Gasteiger partial charge on any atom is 0.387 e. The molecule has 1 aromatic heterocycles. The van der Waals surface area contributed by atoms with E-state index in [0.29, 0.717) is 17.7 Å². The summed E-state index contributed by atoms with van der Waals surface area (Å²) in [5.74, 6) is -0.293. The van der Waals surface area contributed by atoms with Crippen LogP contribution in [0.3, 0.4) is 0 Å². The summed E-state index contributed by atoms with van der Waals surface area (Å²) >= 11 is 0. The number of anilines is 1. The van der Waals surface area contributed by atoms with Gasteiger partial charge in [-0.1, -0.05) is 36.4 Å². The van der Waals surface area contributed by atoms with E-state index < -0.39 is 6.61 Å². The van der Waals surface area contributed by atoms with E-state index in [1.165, 1.54) is 18.3 Å². The summed E-state index contributed by atoms with van der Waals surface area (Å²) in [5.41, 5.74) is 2.24. The zero-order chi connectivity index (χ0) is 18.4. The number of halogens is 2. The molecule has 0 aliphatic carbocycles. The molecule has 0 aliphatic heterocycles. The molecule has 1 amide bonds. The second-order valence-corrected chi connectivity index (χ2v) is 5.53. The van der Waals surface area contributed by atoms with Crippen molar-refractivity contribution < 1.29 is 18.3 Å². The molecule has 0 bridgehead atoms. The van der Waals surface area contributed by atoms with Gasteiger partial charge in [-0.3, -0.25) is 9.78 Å². The monoisotopic (exact) mass is 354 g/mol. The summed E-state index contributed by atoms with van der Waals surface area (Å²) in [4.78, 5) is 16.2. The van der Waals surface area contributed by atoms with Crippen molar-refractivity contribution in [2.75, 3.05) is 5.32 Å². The van der Waals surface area contributed by atoms with Crippen molar-refractivity contribution in [2.45, 2.75) is 13.0 Å². The van der Waals surface area contributed by atoms with Gasteiger partial charge >= 0.3 is 6.61 Å². The number of carbonyl (C=O) groups excluding carboxylic acids is 1. The molecular weight excluding hydrogens is 338 g/mol. The molecular formula is C20H16F2N2O2. The first kappa shape index (κ1) is 17.5. The van der Waals surface area contributed by atoms with Crippen molar-refractivity contribution in [3.05, 3.63) is 89.7 Å². The number of aromatic nitrogens is 1. The van der Waals surface area contributed by atoms with Gasteiger partial charge in [0.2, 0.25) is 0 Å².